The van der Waals surface area contributed by atoms with Crippen molar-refractivity contribution in [3.05, 3.63) is 29.8 Å². The number of anilines is 1. The van der Waals surface area contributed by atoms with E-state index in [1.165, 1.54) is 5.56 Å². The lowest BCUT2D eigenvalue weighted by atomic mass is 9.78. The Labute approximate surface area is 157 Å². The highest BCUT2D eigenvalue weighted by Crippen LogP contribution is 2.30. The summed E-state index contributed by atoms with van der Waals surface area (Å²) >= 11 is 0. The summed E-state index contributed by atoms with van der Waals surface area (Å²) in [6.45, 7) is 7.04. The van der Waals surface area contributed by atoms with Gasteiger partial charge in [0.2, 0.25) is 11.8 Å². The zero-order chi connectivity index (χ0) is 19.1. The fourth-order valence-electron chi connectivity index (χ4n) is 3.86. The van der Waals surface area contributed by atoms with E-state index in [0.717, 1.165) is 37.8 Å². The number of nitrogens with two attached hydrogens (primary N) is 1. The zero-order valence-corrected chi connectivity index (χ0v) is 16.3. The van der Waals surface area contributed by atoms with E-state index in [2.05, 4.69) is 37.5 Å². The summed E-state index contributed by atoms with van der Waals surface area (Å²) in [5, 5.41) is 6.64. The summed E-state index contributed by atoms with van der Waals surface area (Å²) < 4.78 is 0. The second-order valence-electron chi connectivity index (χ2n) is 7.93. The Kier molecular flexibility index (Phi) is 7.49. The second-order valence-corrected chi connectivity index (χ2v) is 7.93. The van der Waals surface area contributed by atoms with Crippen LogP contribution >= 0.6 is 0 Å². The maximum atomic E-state index is 12.8. The molecule has 0 spiro atoms. The van der Waals surface area contributed by atoms with E-state index in [0.29, 0.717) is 12.5 Å². The van der Waals surface area contributed by atoms with Crippen LogP contribution in [0.2, 0.25) is 0 Å². The molecule has 1 fully saturated rings. The van der Waals surface area contributed by atoms with Gasteiger partial charge in [0.1, 0.15) is 0 Å². The molecule has 5 heteroatoms. The first kappa shape index (κ1) is 20.3. The van der Waals surface area contributed by atoms with E-state index in [-0.39, 0.29) is 29.7 Å². The van der Waals surface area contributed by atoms with Crippen LogP contribution in [0.3, 0.4) is 0 Å². The highest BCUT2D eigenvalue weighted by molar-refractivity contribution is 5.87. The minimum Gasteiger partial charge on any atom is -0.383 e. The van der Waals surface area contributed by atoms with Gasteiger partial charge in [-0.05, 0) is 43.7 Å². The first-order chi connectivity index (χ1) is 12.4. The predicted octanol–water partition coefficient (Wildman–Crippen LogP) is 3.23. The first-order valence-electron chi connectivity index (χ1n) is 9.77. The molecule has 0 heterocycles. The number of para-hydroxylation sites is 1. The molecule has 0 aromatic heterocycles. The molecule has 144 valence electrons. The number of amides is 2. The van der Waals surface area contributed by atoms with Gasteiger partial charge >= 0.3 is 0 Å². The molecule has 1 aromatic carbocycles. The molecule has 0 aliphatic heterocycles. The Balaban J connectivity index is 2.00. The van der Waals surface area contributed by atoms with E-state index in [1.807, 2.05) is 18.2 Å². The van der Waals surface area contributed by atoms with Gasteiger partial charge in [-0.1, -0.05) is 44.9 Å². The average Bonchev–Trinajstić information content (AvgIpc) is 2.60. The van der Waals surface area contributed by atoms with E-state index >= 15 is 0 Å². The van der Waals surface area contributed by atoms with Crippen LogP contribution in [0.15, 0.2) is 24.3 Å². The predicted molar refractivity (Wildman–Crippen MR) is 106 cm³/mol. The van der Waals surface area contributed by atoms with Crippen LogP contribution in [0, 0.1) is 24.7 Å². The molecule has 2 rings (SSSR count). The van der Waals surface area contributed by atoms with Crippen molar-refractivity contribution in [3.8, 4) is 0 Å². The number of hydrogen-bond donors (Lipinski definition) is 3. The molecule has 1 aliphatic carbocycles. The van der Waals surface area contributed by atoms with Crippen LogP contribution in [0.4, 0.5) is 5.69 Å². The third kappa shape index (κ3) is 5.75. The fraction of sp³-hybridized carbons (Fsp3) is 0.619. The van der Waals surface area contributed by atoms with Crippen molar-refractivity contribution in [2.24, 2.45) is 23.5 Å². The highest BCUT2D eigenvalue weighted by Gasteiger charge is 2.35. The average molecular weight is 360 g/mol. The lowest BCUT2D eigenvalue weighted by Gasteiger charge is -2.30. The van der Waals surface area contributed by atoms with Gasteiger partial charge in [-0.15, -0.1) is 0 Å². The van der Waals surface area contributed by atoms with E-state index in [4.69, 9.17) is 5.73 Å². The highest BCUT2D eigenvalue weighted by atomic mass is 16.2. The summed E-state index contributed by atoms with van der Waals surface area (Å²) in [7, 11) is 0. The van der Waals surface area contributed by atoms with Crippen molar-refractivity contribution in [2.75, 3.05) is 11.9 Å². The Hall–Kier alpha value is -2.04. The summed E-state index contributed by atoms with van der Waals surface area (Å²) in [5.41, 5.74) is 7.80. The molecule has 0 saturated heterocycles. The standard InChI is InChI=1S/C21H33N3O2/c1-14(2)12-16(13-23-19-11-7-4-8-15(19)3)24-21(26)18-10-6-5-9-17(18)20(22)25/h4,7-8,11,14,16-18,23H,5-6,9-10,12-13H2,1-3H3,(H2,22,25)(H,24,26)/t16-,17-,18+/m0/s1. The minimum atomic E-state index is -0.344. The molecule has 0 unspecified atom stereocenters. The Bertz CT molecular complexity index is 615. The molecular formula is C21H33N3O2. The molecular weight excluding hydrogens is 326 g/mol. The number of carbonyl (C=O) groups excluding carboxylic acids is 2. The Morgan fingerprint density at radius 2 is 1.81 bits per heavy atom. The molecule has 4 N–H and O–H groups in total. The third-order valence-electron chi connectivity index (χ3n) is 5.25. The van der Waals surface area contributed by atoms with Crippen LogP contribution in [0.1, 0.15) is 51.5 Å². The van der Waals surface area contributed by atoms with Crippen LogP contribution in [0.25, 0.3) is 0 Å². The van der Waals surface area contributed by atoms with Crippen LogP contribution in [-0.4, -0.2) is 24.4 Å². The largest absolute Gasteiger partial charge is 0.383 e. The number of carbonyl (C=O) groups is 2. The van der Waals surface area contributed by atoms with Crippen molar-refractivity contribution in [3.63, 3.8) is 0 Å². The fourth-order valence-corrected chi connectivity index (χ4v) is 3.86. The number of rotatable bonds is 8. The van der Waals surface area contributed by atoms with Crippen molar-refractivity contribution in [1.29, 1.82) is 0 Å². The number of benzene rings is 1. The van der Waals surface area contributed by atoms with E-state index in [9.17, 15) is 9.59 Å². The van der Waals surface area contributed by atoms with Crippen molar-refractivity contribution >= 4 is 17.5 Å². The summed E-state index contributed by atoms with van der Waals surface area (Å²) in [6, 6.07) is 8.16. The zero-order valence-electron chi connectivity index (χ0n) is 16.3. The molecule has 5 nitrogen and oxygen atoms in total. The first-order valence-corrected chi connectivity index (χ1v) is 9.77. The van der Waals surface area contributed by atoms with E-state index in [1.54, 1.807) is 0 Å². The van der Waals surface area contributed by atoms with Gasteiger partial charge in [-0.3, -0.25) is 9.59 Å². The van der Waals surface area contributed by atoms with Gasteiger partial charge in [0, 0.05) is 30.1 Å². The monoisotopic (exact) mass is 359 g/mol. The lowest BCUT2D eigenvalue weighted by molar-refractivity contribution is -0.135. The Morgan fingerprint density at radius 3 is 2.42 bits per heavy atom. The van der Waals surface area contributed by atoms with Crippen LogP contribution in [0.5, 0.6) is 0 Å². The minimum absolute atomic E-state index is 0.0225. The molecule has 0 radical (unpaired) electrons. The smallest absolute Gasteiger partial charge is 0.224 e. The number of primary amides is 1. The third-order valence-corrected chi connectivity index (χ3v) is 5.25. The number of nitrogens with one attached hydrogen (secondary N) is 2. The van der Waals surface area contributed by atoms with Gasteiger partial charge in [-0.2, -0.15) is 0 Å². The topological polar surface area (TPSA) is 84.2 Å². The normalized spacial score (nSPS) is 21.2. The molecule has 2 amide bonds. The molecule has 1 saturated carbocycles. The molecule has 26 heavy (non-hydrogen) atoms. The van der Waals surface area contributed by atoms with Gasteiger partial charge in [-0.25, -0.2) is 0 Å². The lowest BCUT2D eigenvalue weighted by Crippen LogP contribution is -2.47. The number of aryl methyl sites for hydroxylation is 1. The maximum absolute atomic E-state index is 12.8. The summed E-state index contributed by atoms with van der Waals surface area (Å²) in [6.07, 6.45) is 4.32. The second kappa shape index (κ2) is 9.60. The van der Waals surface area contributed by atoms with Gasteiger partial charge < -0.3 is 16.4 Å². The summed E-state index contributed by atoms with van der Waals surface area (Å²) in [5.74, 6) is -0.506. The number of hydrogen-bond acceptors (Lipinski definition) is 3. The quantitative estimate of drug-likeness (QED) is 0.666. The van der Waals surface area contributed by atoms with Crippen molar-refractivity contribution in [1.82, 2.24) is 5.32 Å². The molecule has 1 aliphatic rings. The van der Waals surface area contributed by atoms with Gasteiger partial charge in [0.15, 0.2) is 0 Å². The maximum Gasteiger partial charge on any atom is 0.224 e. The van der Waals surface area contributed by atoms with Crippen molar-refractivity contribution < 1.29 is 9.59 Å². The van der Waals surface area contributed by atoms with Crippen molar-refractivity contribution in [2.45, 2.75) is 58.9 Å². The molecule has 1 aromatic rings. The van der Waals surface area contributed by atoms with E-state index < -0.39 is 0 Å². The Morgan fingerprint density at radius 1 is 1.15 bits per heavy atom. The molecule has 0 bridgehead atoms. The summed E-state index contributed by atoms with van der Waals surface area (Å²) in [4.78, 5) is 24.5. The molecule has 3 atom stereocenters. The van der Waals surface area contributed by atoms with Crippen LogP contribution < -0.4 is 16.4 Å². The van der Waals surface area contributed by atoms with Crippen LogP contribution in [-0.2, 0) is 9.59 Å². The SMILES string of the molecule is Cc1ccccc1NC[C@H](CC(C)C)NC(=O)[C@@H]1CCCC[C@@H]1C(N)=O. The van der Waals surface area contributed by atoms with Gasteiger partial charge in [0.05, 0.1) is 0 Å². The van der Waals surface area contributed by atoms with Gasteiger partial charge in [0.25, 0.3) is 0 Å².